The number of hydrogen-bond donors (Lipinski definition) is 2. The van der Waals surface area contributed by atoms with Crippen LogP contribution in [0.1, 0.15) is 16.7 Å². The zero-order valence-corrected chi connectivity index (χ0v) is 19.0. The molecule has 2 aromatic carbocycles. The fourth-order valence-electron chi connectivity index (χ4n) is 3.17. The minimum absolute atomic E-state index is 0.0589. The molecule has 3 aromatic rings. The van der Waals surface area contributed by atoms with Crippen molar-refractivity contribution in [1.82, 2.24) is 0 Å². The zero-order valence-electron chi connectivity index (χ0n) is 18.1. The SMILES string of the molecule is Cc1ccc[n+](/C(C(=S)Nc2ccccc2C)=C(/O)c2ccc(OC(F)F)cc2OC(F)F)c1. The molecule has 10 heteroatoms. The Morgan fingerprint density at radius 1 is 0.971 bits per heavy atom. The molecule has 34 heavy (non-hydrogen) atoms. The number of anilines is 1. The van der Waals surface area contributed by atoms with E-state index < -0.39 is 30.5 Å². The minimum atomic E-state index is -3.28. The van der Waals surface area contributed by atoms with Crippen molar-refractivity contribution in [1.29, 1.82) is 0 Å². The Balaban J connectivity index is 2.17. The average molecular weight is 494 g/mol. The van der Waals surface area contributed by atoms with E-state index in [1.807, 2.05) is 32.0 Å². The van der Waals surface area contributed by atoms with E-state index in [1.54, 1.807) is 30.6 Å². The highest BCUT2D eigenvalue weighted by Gasteiger charge is 2.27. The lowest BCUT2D eigenvalue weighted by molar-refractivity contribution is -0.576. The summed E-state index contributed by atoms with van der Waals surface area (Å²) < 4.78 is 61.6. The van der Waals surface area contributed by atoms with E-state index in [2.05, 4.69) is 14.8 Å². The Bertz CT molecular complexity index is 1220. The van der Waals surface area contributed by atoms with Gasteiger partial charge in [0.2, 0.25) is 5.76 Å². The van der Waals surface area contributed by atoms with Gasteiger partial charge in [0.1, 0.15) is 11.5 Å². The Morgan fingerprint density at radius 2 is 1.68 bits per heavy atom. The molecule has 2 N–H and O–H groups in total. The molecule has 0 saturated heterocycles. The summed E-state index contributed by atoms with van der Waals surface area (Å²) in [5.74, 6) is -1.48. The first-order valence-electron chi connectivity index (χ1n) is 9.98. The monoisotopic (exact) mass is 493 g/mol. The average Bonchev–Trinajstić information content (AvgIpc) is 2.75. The summed E-state index contributed by atoms with van der Waals surface area (Å²) in [6.07, 6.45) is 3.30. The van der Waals surface area contributed by atoms with Crippen LogP contribution in [0.4, 0.5) is 23.2 Å². The lowest BCUT2D eigenvalue weighted by Gasteiger charge is -2.15. The quantitative estimate of drug-likeness (QED) is 0.130. The van der Waals surface area contributed by atoms with Crippen LogP contribution in [0.2, 0.25) is 0 Å². The van der Waals surface area contributed by atoms with Gasteiger partial charge in [-0.1, -0.05) is 30.4 Å². The van der Waals surface area contributed by atoms with Crippen LogP contribution >= 0.6 is 12.2 Å². The van der Waals surface area contributed by atoms with Crippen LogP contribution in [-0.4, -0.2) is 23.3 Å². The van der Waals surface area contributed by atoms with Crippen LogP contribution in [-0.2, 0) is 0 Å². The summed E-state index contributed by atoms with van der Waals surface area (Å²) in [7, 11) is 0. The number of benzene rings is 2. The highest BCUT2D eigenvalue weighted by atomic mass is 32.1. The van der Waals surface area contributed by atoms with E-state index in [0.717, 1.165) is 29.3 Å². The van der Waals surface area contributed by atoms with Crippen LogP contribution in [0, 0.1) is 13.8 Å². The number of alkyl halides is 4. The lowest BCUT2D eigenvalue weighted by atomic mass is 10.1. The van der Waals surface area contributed by atoms with E-state index in [1.165, 1.54) is 4.57 Å². The second-order valence-corrected chi connectivity index (χ2v) is 7.58. The molecule has 3 rings (SSSR count). The standard InChI is InChI=1S/C24H20F4N2O3S/c1-14-6-5-11-30(13-14)20(22(34)29-18-8-4-3-7-15(18)2)21(31)17-10-9-16(32-23(25)26)12-19(17)33-24(27)28/h3-13,23-24H,1-2H3,(H-,29,31,34)/p+1. The summed E-state index contributed by atoms with van der Waals surface area (Å²) in [6, 6.07) is 13.9. The molecule has 0 fully saturated rings. The van der Waals surface area contributed by atoms with E-state index in [-0.39, 0.29) is 16.2 Å². The summed E-state index contributed by atoms with van der Waals surface area (Å²) in [6.45, 7) is -2.76. The molecule has 0 aliphatic carbocycles. The molecule has 0 radical (unpaired) electrons. The molecule has 1 aromatic heterocycles. The highest BCUT2D eigenvalue weighted by molar-refractivity contribution is 7.81. The molecule has 0 spiro atoms. The van der Waals surface area contributed by atoms with Crippen molar-refractivity contribution in [3.05, 3.63) is 83.7 Å². The predicted octanol–water partition coefficient (Wildman–Crippen LogP) is 6.12. The van der Waals surface area contributed by atoms with Crippen LogP contribution in [0.5, 0.6) is 11.5 Å². The van der Waals surface area contributed by atoms with E-state index in [4.69, 9.17) is 12.2 Å². The first kappa shape index (κ1) is 25.0. The second-order valence-electron chi connectivity index (χ2n) is 7.17. The van der Waals surface area contributed by atoms with E-state index in [9.17, 15) is 22.7 Å². The Labute approximate surface area is 198 Å². The number of pyridine rings is 1. The number of aryl methyl sites for hydroxylation is 2. The van der Waals surface area contributed by atoms with Crippen LogP contribution < -0.4 is 19.4 Å². The molecular weight excluding hydrogens is 472 g/mol. The van der Waals surface area contributed by atoms with Crippen molar-refractivity contribution in [2.75, 3.05) is 5.32 Å². The number of nitrogens with zero attached hydrogens (tertiary/aromatic N) is 1. The van der Waals surface area contributed by atoms with Gasteiger partial charge < -0.3 is 19.9 Å². The van der Waals surface area contributed by atoms with E-state index >= 15 is 0 Å². The third-order valence-electron chi connectivity index (χ3n) is 4.69. The van der Waals surface area contributed by atoms with Crippen molar-refractivity contribution >= 4 is 34.3 Å². The maximum Gasteiger partial charge on any atom is 0.387 e. The lowest BCUT2D eigenvalue weighted by Crippen LogP contribution is -2.38. The van der Waals surface area contributed by atoms with Crippen LogP contribution in [0.3, 0.4) is 0 Å². The number of nitrogens with one attached hydrogen (secondary N) is 1. The fraction of sp³-hybridized carbons (Fsp3) is 0.167. The van der Waals surface area contributed by atoms with Gasteiger partial charge >= 0.3 is 13.2 Å². The van der Waals surface area contributed by atoms with Gasteiger partial charge in [-0.2, -0.15) is 22.1 Å². The zero-order chi connectivity index (χ0) is 24.8. The van der Waals surface area contributed by atoms with Crippen molar-refractivity contribution in [3.8, 4) is 11.5 Å². The number of ether oxygens (including phenoxy) is 2. The molecule has 5 nitrogen and oxygen atoms in total. The summed E-state index contributed by atoms with van der Waals surface area (Å²) in [5, 5.41) is 14.3. The van der Waals surface area contributed by atoms with Crippen molar-refractivity contribution in [2.45, 2.75) is 27.1 Å². The number of para-hydroxylation sites is 1. The fourth-order valence-corrected chi connectivity index (χ4v) is 3.48. The van der Waals surface area contributed by atoms with Crippen molar-refractivity contribution < 1.29 is 36.7 Å². The van der Waals surface area contributed by atoms with Gasteiger partial charge in [-0.15, -0.1) is 0 Å². The van der Waals surface area contributed by atoms with Crippen molar-refractivity contribution in [3.63, 3.8) is 0 Å². The molecule has 0 aliphatic rings. The highest BCUT2D eigenvalue weighted by Crippen LogP contribution is 2.33. The molecule has 0 saturated carbocycles. The Morgan fingerprint density at radius 3 is 2.32 bits per heavy atom. The molecular formula is C24H21F4N2O3S+. The predicted molar refractivity (Wildman–Crippen MR) is 124 cm³/mol. The maximum atomic E-state index is 13.1. The maximum absolute atomic E-state index is 13.1. The number of thiocarbonyl (C=S) groups is 1. The summed E-state index contributed by atoms with van der Waals surface area (Å²) in [5.41, 5.74) is 2.25. The number of halogens is 4. The number of rotatable bonds is 8. The largest absolute Gasteiger partial charge is 0.502 e. The summed E-state index contributed by atoms with van der Waals surface area (Å²) in [4.78, 5) is 0.0818. The van der Waals surface area contributed by atoms with Crippen LogP contribution in [0.25, 0.3) is 11.5 Å². The van der Waals surface area contributed by atoms with E-state index in [0.29, 0.717) is 5.69 Å². The molecule has 178 valence electrons. The van der Waals surface area contributed by atoms with Gasteiger partial charge in [-0.3, -0.25) is 0 Å². The smallest absolute Gasteiger partial charge is 0.387 e. The third kappa shape index (κ3) is 6.22. The molecule has 0 bridgehead atoms. The van der Waals surface area contributed by atoms with Gasteiger partial charge in [0.05, 0.1) is 5.56 Å². The number of aromatic nitrogens is 1. The molecule has 0 amide bonds. The van der Waals surface area contributed by atoms with Gasteiger partial charge in [0, 0.05) is 23.4 Å². The minimum Gasteiger partial charge on any atom is -0.502 e. The normalized spacial score (nSPS) is 11.9. The second kappa shape index (κ2) is 11.0. The first-order chi connectivity index (χ1) is 16.2. The number of hydrogen-bond acceptors (Lipinski definition) is 4. The van der Waals surface area contributed by atoms with Gasteiger partial charge in [-0.25, -0.2) is 0 Å². The third-order valence-corrected chi connectivity index (χ3v) is 4.98. The molecule has 0 aliphatic heterocycles. The molecule has 0 unspecified atom stereocenters. The Hall–Kier alpha value is -3.66. The molecule has 0 atom stereocenters. The number of aliphatic hydroxyl groups excluding tert-OH is 1. The van der Waals surface area contributed by atoms with Gasteiger partial charge in [0.25, 0.3) is 5.70 Å². The Kier molecular flexibility index (Phi) is 8.06. The topological polar surface area (TPSA) is 54.6 Å². The first-order valence-corrected chi connectivity index (χ1v) is 10.4. The van der Waals surface area contributed by atoms with Crippen LogP contribution in [0.15, 0.2) is 67.0 Å². The van der Waals surface area contributed by atoms with Gasteiger partial charge in [-0.05, 0) is 43.7 Å². The summed E-state index contributed by atoms with van der Waals surface area (Å²) >= 11 is 5.57. The van der Waals surface area contributed by atoms with Gasteiger partial charge in [0.15, 0.2) is 17.4 Å². The molecule has 1 heterocycles. The van der Waals surface area contributed by atoms with Crippen molar-refractivity contribution in [2.24, 2.45) is 0 Å². The number of aliphatic hydroxyl groups is 1.